The van der Waals surface area contributed by atoms with Crippen LogP contribution in [0.1, 0.15) is 54.1 Å². The van der Waals surface area contributed by atoms with Crippen LogP contribution in [0.3, 0.4) is 0 Å². The van der Waals surface area contributed by atoms with E-state index in [9.17, 15) is 9.18 Å². The molecule has 1 aliphatic rings. The maximum Gasteiger partial charge on any atom is 0.274 e. The number of aromatic nitrogens is 2. The van der Waals surface area contributed by atoms with E-state index in [1.54, 1.807) is 16.8 Å². The third kappa shape index (κ3) is 7.32. The minimum absolute atomic E-state index is 0.0364. The zero-order chi connectivity index (χ0) is 30.1. The van der Waals surface area contributed by atoms with Crippen LogP contribution in [-0.2, 0) is 13.0 Å². The fourth-order valence-corrected chi connectivity index (χ4v) is 6.46. The van der Waals surface area contributed by atoms with Crippen molar-refractivity contribution in [3.8, 4) is 0 Å². The van der Waals surface area contributed by atoms with Gasteiger partial charge in [0.1, 0.15) is 5.82 Å². The van der Waals surface area contributed by atoms with E-state index in [4.69, 9.17) is 5.10 Å². The van der Waals surface area contributed by atoms with Gasteiger partial charge < -0.3 is 4.90 Å². The quantitative estimate of drug-likeness (QED) is 0.146. The highest BCUT2D eigenvalue weighted by Gasteiger charge is 2.26. The normalized spacial score (nSPS) is 14.4. The van der Waals surface area contributed by atoms with E-state index in [2.05, 4.69) is 70.5 Å². The average Bonchev–Trinajstić information content (AvgIpc) is 3.07. The monoisotopic (exact) mass is 588 g/mol. The molecule has 5 aromatic rings. The summed E-state index contributed by atoms with van der Waals surface area (Å²) in [5.41, 5.74) is 4.51. The molecule has 0 radical (unpaired) electrons. The Labute approximate surface area is 259 Å². The van der Waals surface area contributed by atoms with Crippen molar-refractivity contribution in [1.82, 2.24) is 19.6 Å². The first-order chi connectivity index (χ1) is 21.7. The topological polar surface area (TPSA) is 41.4 Å². The maximum atomic E-state index is 13.4. The van der Waals surface area contributed by atoms with E-state index in [1.807, 2.05) is 24.3 Å². The molecule has 1 aromatic heterocycles. The molecule has 0 atom stereocenters. The summed E-state index contributed by atoms with van der Waals surface area (Å²) in [6.07, 6.45) is 4.85. The highest BCUT2D eigenvalue weighted by molar-refractivity contribution is 5.83. The largest absolute Gasteiger partial charge is 0.301 e. The molecular formula is C38H41FN4O. The van der Waals surface area contributed by atoms with Crippen LogP contribution in [0.4, 0.5) is 4.39 Å². The fraction of sp³-hybridized carbons (Fsp3) is 0.316. The van der Waals surface area contributed by atoms with Crippen LogP contribution in [0.5, 0.6) is 0 Å². The molecule has 6 rings (SSSR count). The van der Waals surface area contributed by atoms with Crippen molar-refractivity contribution in [2.45, 2.75) is 44.7 Å². The number of aryl methyl sites for hydroxylation is 1. The molecule has 1 fully saturated rings. The van der Waals surface area contributed by atoms with E-state index in [-0.39, 0.29) is 11.4 Å². The Hall–Kier alpha value is -4.13. The van der Waals surface area contributed by atoms with Gasteiger partial charge in [-0.25, -0.2) is 9.07 Å². The molecule has 0 amide bonds. The molecule has 44 heavy (non-hydrogen) atoms. The summed E-state index contributed by atoms with van der Waals surface area (Å²) in [6, 6.07) is 36.2. The Balaban J connectivity index is 0.986. The Morgan fingerprint density at radius 1 is 0.636 bits per heavy atom. The van der Waals surface area contributed by atoms with Crippen molar-refractivity contribution < 1.29 is 4.39 Å². The minimum Gasteiger partial charge on any atom is -0.301 e. The lowest BCUT2D eigenvalue weighted by Crippen LogP contribution is -2.48. The van der Waals surface area contributed by atoms with Crippen molar-refractivity contribution in [3.05, 3.63) is 148 Å². The van der Waals surface area contributed by atoms with Crippen molar-refractivity contribution in [3.63, 3.8) is 0 Å². The van der Waals surface area contributed by atoms with Gasteiger partial charge in [0, 0.05) is 44.5 Å². The van der Waals surface area contributed by atoms with E-state index < -0.39 is 0 Å². The molecule has 226 valence electrons. The molecule has 0 N–H and O–H groups in total. The van der Waals surface area contributed by atoms with Crippen LogP contribution < -0.4 is 5.56 Å². The first-order valence-corrected chi connectivity index (χ1v) is 16.0. The Kier molecular flexibility index (Phi) is 9.90. The third-order valence-corrected chi connectivity index (χ3v) is 8.83. The summed E-state index contributed by atoms with van der Waals surface area (Å²) in [6.45, 7) is 6.02. The predicted octanol–water partition coefficient (Wildman–Crippen LogP) is 7.09. The Morgan fingerprint density at radius 2 is 1.20 bits per heavy atom. The lowest BCUT2D eigenvalue weighted by Gasteiger charge is -2.39. The molecule has 1 aliphatic heterocycles. The van der Waals surface area contributed by atoms with Crippen molar-refractivity contribution in [2.75, 3.05) is 32.7 Å². The lowest BCUT2D eigenvalue weighted by molar-refractivity contribution is 0.108. The second-order valence-electron chi connectivity index (χ2n) is 11.8. The smallest absolute Gasteiger partial charge is 0.274 e. The van der Waals surface area contributed by atoms with Crippen LogP contribution in [0.2, 0.25) is 0 Å². The van der Waals surface area contributed by atoms with Gasteiger partial charge in [0.25, 0.3) is 5.56 Å². The van der Waals surface area contributed by atoms with Crippen molar-refractivity contribution in [2.24, 2.45) is 0 Å². The molecule has 6 heteroatoms. The lowest BCUT2D eigenvalue weighted by atomic mass is 9.96. The van der Waals surface area contributed by atoms with Gasteiger partial charge in [0.15, 0.2) is 0 Å². The number of nitrogens with zero attached hydrogens (tertiary/aromatic N) is 4. The summed E-state index contributed by atoms with van der Waals surface area (Å²) in [5.74, 6) is -0.251. The van der Waals surface area contributed by atoms with E-state index in [1.165, 1.54) is 23.3 Å². The number of hydrogen-bond acceptors (Lipinski definition) is 4. The Bertz CT molecular complexity index is 1640. The van der Waals surface area contributed by atoms with Crippen LogP contribution in [0.15, 0.2) is 114 Å². The predicted molar refractivity (Wildman–Crippen MR) is 176 cm³/mol. The van der Waals surface area contributed by atoms with Gasteiger partial charge in [-0.1, -0.05) is 104 Å². The summed E-state index contributed by atoms with van der Waals surface area (Å²) in [4.78, 5) is 18.4. The van der Waals surface area contributed by atoms with Crippen LogP contribution >= 0.6 is 0 Å². The molecule has 0 bridgehead atoms. The van der Waals surface area contributed by atoms with Crippen molar-refractivity contribution >= 4 is 10.8 Å². The molecule has 4 aromatic carbocycles. The summed E-state index contributed by atoms with van der Waals surface area (Å²) in [7, 11) is 0. The zero-order valence-corrected chi connectivity index (χ0v) is 25.3. The van der Waals surface area contributed by atoms with Gasteiger partial charge in [-0.3, -0.25) is 9.69 Å². The van der Waals surface area contributed by atoms with Crippen LogP contribution in [0, 0.1) is 5.82 Å². The van der Waals surface area contributed by atoms with Gasteiger partial charge in [-0.15, -0.1) is 0 Å². The third-order valence-electron chi connectivity index (χ3n) is 8.83. The summed E-state index contributed by atoms with van der Waals surface area (Å²) >= 11 is 0. The summed E-state index contributed by atoms with van der Waals surface area (Å²) in [5, 5.41) is 6.34. The van der Waals surface area contributed by atoms with E-state index in [0.717, 1.165) is 75.1 Å². The van der Waals surface area contributed by atoms with Gasteiger partial charge in [0.2, 0.25) is 0 Å². The van der Waals surface area contributed by atoms with Gasteiger partial charge in [0.05, 0.1) is 17.1 Å². The van der Waals surface area contributed by atoms with Crippen LogP contribution in [-0.4, -0.2) is 52.3 Å². The fourth-order valence-electron chi connectivity index (χ4n) is 6.46. The molecule has 5 nitrogen and oxygen atoms in total. The molecule has 2 heterocycles. The second kappa shape index (κ2) is 14.6. The average molecular weight is 589 g/mol. The molecule has 0 saturated carbocycles. The number of benzene rings is 4. The molecule has 0 unspecified atom stereocenters. The number of halogens is 1. The Morgan fingerprint density at radius 3 is 1.84 bits per heavy atom. The molecule has 0 spiro atoms. The zero-order valence-electron chi connectivity index (χ0n) is 25.3. The number of fused-ring (bicyclic) bond motifs is 1. The van der Waals surface area contributed by atoms with Crippen LogP contribution in [0.25, 0.3) is 10.8 Å². The SMILES string of the molecule is O=c1c2ccccc2c(Cc2ccc(F)cc2)nn1CCCCCCN1CCN(C(c2ccccc2)c2ccccc2)CC1. The number of piperazine rings is 1. The van der Waals surface area contributed by atoms with E-state index >= 15 is 0 Å². The first kappa shape index (κ1) is 29.9. The molecule has 1 saturated heterocycles. The van der Waals surface area contributed by atoms with Gasteiger partial charge in [-0.05, 0) is 54.3 Å². The minimum atomic E-state index is -0.251. The van der Waals surface area contributed by atoms with Gasteiger partial charge >= 0.3 is 0 Å². The second-order valence-corrected chi connectivity index (χ2v) is 11.8. The maximum absolute atomic E-state index is 13.4. The number of hydrogen-bond donors (Lipinski definition) is 0. The molecule has 0 aliphatic carbocycles. The highest BCUT2D eigenvalue weighted by atomic mass is 19.1. The van der Waals surface area contributed by atoms with E-state index in [0.29, 0.717) is 24.4 Å². The number of unbranched alkanes of at least 4 members (excludes halogenated alkanes) is 3. The van der Waals surface area contributed by atoms with Crippen molar-refractivity contribution in [1.29, 1.82) is 0 Å². The standard InChI is InChI=1S/C38H41FN4O/c39-33-21-19-30(20-22-33)29-36-34-17-9-10-18-35(34)38(44)43(40-36)24-12-2-1-11-23-41-25-27-42(28-26-41)37(31-13-5-3-6-14-31)32-15-7-4-8-16-32/h3-10,13-22,37H,1-2,11-12,23-29H2. The first-order valence-electron chi connectivity index (χ1n) is 16.0. The number of rotatable bonds is 12. The molecular weight excluding hydrogens is 547 g/mol. The summed E-state index contributed by atoms with van der Waals surface area (Å²) < 4.78 is 15.1. The highest BCUT2D eigenvalue weighted by Crippen LogP contribution is 2.29. The van der Waals surface area contributed by atoms with Gasteiger partial charge in [-0.2, -0.15) is 5.10 Å².